The molecule has 2 amide bonds. The van der Waals surface area contributed by atoms with Gasteiger partial charge in [-0.05, 0) is 34.0 Å². The molecular formula is C20H27N5O7S3. The first-order chi connectivity index (χ1) is 16.3. The molecule has 2 fully saturated rings. The highest BCUT2D eigenvalue weighted by Gasteiger charge is 2.57. The molecule has 0 radical (unpaired) electrons. The van der Waals surface area contributed by atoms with Crippen molar-refractivity contribution in [1.82, 2.24) is 15.2 Å². The van der Waals surface area contributed by atoms with Crippen molar-refractivity contribution in [2.45, 2.75) is 55.6 Å². The number of nitrogen functional groups attached to an aromatic ring is 1. The number of β-lactam (4-membered cyclic amide) rings is 1. The number of nitrogens with zero attached hydrogens (tertiary/aromatic N) is 3. The fraction of sp³-hybridized carbons (Fsp3) is 0.600. The predicted octanol–water partition coefficient (Wildman–Crippen LogP) is 0.763. The number of ether oxygens (including phenoxy) is 1. The lowest BCUT2D eigenvalue weighted by Crippen LogP contribution is -2.74. The van der Waals surface area contributed by atoms with Gasteiger partial charge in [-0.15, -0.1) is 34.9 Å². The molecule has 4 atom stereocenters. The summed E-state index contributed by atoms with van der Waals surface area (Å²) in [6, 6.07) is -0.870. The summed E-state index contributed by atoms with van der Waals surface area (Å²) in [5, 5.41) is 17.4. The summed E-state index contributed by atoms with van der Waals surface area (Å²) in [5.74, 6) is -2.51. The van der Waals surface area contributed by atoms with Crippen LogP contribution >= 0.6 is 34.9 Å². The summed E-state index contributed by atoms with van der Waals surface area (Å²) in [4.78, 5) is 60.5. The number of nitrogens with two attached hydrogens (primary N) is 1. The maximum absolute atomic E-state index is 13.1. The molecule has 192 valence electrons. The molecule has 1 aromatic heterocycles. The fourth-order valence-corrected chi connectivity index (χ4v) is 6.32. The van der Waals surface area contributed by atoms with Crippen LogP contribution in [-0.4, -0.2) is 90.9 Å². The molecule has 1 aromatic rings. The van der Waals surface area contributed by atoms with Gasteiger partial charge in [0.15, 0.2) is 10.8 Å². The predicted molar refractivity (Wildman–Crippen MR) is 133 cm³/mol. The molecule has 2 aliphatic heterocycles. The highest BCUT2D eigenvalue weighted by Crippen LogP contribution is 2.43. The zero-order valence-corrected chi connectivity index (χ0v) is 22.2. The lowest BCUT2D eigenvalue weighted by molar-refractivity contribution is -0.167. The van der Waals surface area contributed by atoms with Crippen molar-refractivity contribution < 1.29 is 33.9 Å². The Hall–Kier alpha value is -2.52. The number of hydrogen-bond donors (Lipinski definition) is 3. The van der Waals surface area contributed by atoms with Gasteiger partial charge < -0.3 is 30.6 Å². The van der Waals surface area contributed by atoms with E-state index in [4.69, 9.17) is 15.3 Å². The van der Waals surface area contributed by atoms with Crippen LogP contribution in [0.15, 0.2) is 10.5 Å². The van der Waals surface area contributed by atoms with E-state index in [1.807, 2.05) is 0 Å². The number of fused-ring (bicyclic) bond motifs is 1. The molecule has 4 N–H and O–H groups in total. The van der Waals surface area contributed by atoms with E-state index >= 15 is 0 Å². The van der Waals surface area contributed by atoms with Crippen molar-refractivity contribution in [2.24, 2.45) is 5.16 Å². The molecule has 15 heteroatoms. The largest absolute Gasteiger partial charge is 0.480 e. The van der Waals surface area contributed by atoms with Crippen LogP contribution in [0.5, 0.6) is 0 Å². The van der Waals surface area contributed by atoms with Gasteiger partial charge in [0.1, 0.15) is 27.5 Å². The first kappa shape index (κ1) is 27.1. The number of amides is 2. The molecule has 3 unspecified atom stereocenters. The van der Waals surface area contributed by atoms with Gasteiger partial charge in [-0.1, -0.05) is 5.16 Å². The quantitative estimate of drug-likeness (QED) is 0.182. The number of aromatic nitrogens is 1. The Morgan fingerprint density at radius 3 is 2.66 bits per heavy atom. The Bertz CT molecular complexity index is 1060. The minimum absolute atomic E-state index is 0.0481. The first-order valence-corrected chi connectivity index (χ1v) is 13.6. The summed E-state index contributed by atoms with van der Waals surface area (Å²) >= 11 is 3.55. The van der Waals surface area contributed by atoms with E-state index in [-0.39, 0.29) is 28.8 Å². The SMILES string of the molecule is CSC1(C(=O)O)CS[C@@H]2C(NC(=O)C(=NOC(C)C(=O)OC(C)(C)C)c3csc(N)n3)C(=O)N2C1. The number of carboxylic acids is 1. The van der Waals surface area contributed by atoms with Gasteiger partial charge in [0.2, 0.25) is 12.0 Å². The second-order valence-electron chi connectivity index (χ2n) is 8.91. The summed E-state index contributed by atoms with van der Waals surface area (Å²) in [7, 11) is 0. The standard InChI is InChI=1S/C20H27N5O7S3/c1-9(16(28)31-19(2,3)4)32-24-11(10-6-34-18(21)22-10)13(26)23-12-14(27)25-7-20(33-5,17(29)30)8-35-15(12)25/h6,9,12,15H,7-8H2,1-5H3,(H2,21,22)(H,23,26)(H,29,30)/t9?,12?,15-,20?/m1/s1. The molecule has 12 nitrogen and oxygen atoms in total. The first-order valence-electron chi connectivity index (χ1n) is 10.5. The third-order valence-corrected chi connectivity index (χ3v) is 8.76. The number of oxime groups is 1. The van der Waals surface area contributed by atoms with Crippen molar-refractivity contribution in [3.8, 4) is 0 Å². The van der Waals surface area contributed by atoms with Crippen LogP contribution in [-0.2, 0) is 28.8 Å². The van der Waals surface area contributed by atoms with E-state index in [0.717, 1.165) is 11.3 Å². The van der Waals surface area contributed by atoms with Gasteiger partial charge in [-0.3, -0.25) is 14.4 Å². The van der Waals surface area contributed by atoms with Crippen LogP contribution in [0.3, 0.4) is 0 Å². The van der Waals surface area contributed by atoms with Crippen molar-refractivity contribution in [2.75, 3.05) is 24.3 Å². The molecular weight excluding hydrogens is 518 g/mol. The van der Waals surface area contributed by atoms with E-state index in [0.29, 0.717) is 0 Å². The number of anilines is 1. The van der Waals surface area contributed by atoms with E-state index in [2.05, 4.69) is 15.5 Å². The zero-order valence-electron chi connectivity index (χ0n) is 19.8. The summed E-state index contributed by atoms with van der Waals surface area (Å²) in [5.41, 5.74) is 4.82. The monoisotopic (exact) mass is 545 g/mol. The number of esters is 1. The summed E-state index contributed by atoms with van der Waals surface area (Å²) in [6.07, 6.45) is 0.581. The summed E-state index contributed by atoms with van der Waals surface area (Å²) < 4.78 is 4.15. The fourth-order valence-electron chi connectivity index (χ4n) is 3.26. The van der Waals surface area contributed by atoms with Crippen LogP contribution in [0.1, 0.15) is 33.4 Å². The van der Waals surface area contributed by atoms with Crippen LogP contribution in [0, 0.1) is 0 Å². The van der Waals surface area contributed by atoms with E-state index in [9.17, 15) is 24.3 Å². The Morgan fingerprint density at radius 2 is 2.11 bits per heavy atom. The average Bonchev–Trinajstić information content (AvgIpc) is 3.21. The second kappa shape index (κ2) is 10.2. The number of carbonyl (C=O) groups excluding carboxylic acids is 3. The van der Waals surface area contributed by atoms with Crippen LogP contribution in [0.25, 0.3) is 0 Å². The van der Waals surface area contributed by atoms with Gasteiger partial charge in [0.25, 0.3) is 5.91 Å². The number of aliphatic carboxylic acids is 1. The number of carboxylic acid groups (broad SMARTS) is 1. The Morgan fingerprint density at radius 1 is 1.43 bits per heavy atom. The topological polar surface area (TPSA) is 174 Å². The Labute approximate surface area is 214 Å². The minimum atomic E-state index is -1.11. The third-order valence-electron chi connectivity index (χ3n) is 5.14. The molecule has 0 spiro atoms. The number of carbonyl (C=O) groups is 4. The maximum atomic E-state index is 13.1. The average molecular weight is 546 g/mol. The number of thioether (sulfide) groups is 2. The van der Waals surface area contributed by atoms with Crippen molar-refractivity contribution in [3.05, 3.63) is 11.1 Å². The van der Waals surface area contributed by atoms with Crippen molar-refractivity contribution >= 4 is 69.5 Å². The van der Waals surface area contributed by atoms with Crippen molar-refractivity contribution in [3.63, 3.8) is 0 Å². The van der Waals surface area contributed by atoms with E-state index < -0.39 is 51.6 Å². The summed E-state index contributed by atoms with van der Waals surface area (Å²) in [6.45, 7) is 6.60. The van der Waals surface area contributed by atoms with Gasteiger partial charge >= 0.3 is 11.9 Å². The molecule has 0 bridgehead atoms. The molecule has 2 aliphatic rings. The minimum Gasteiger partial charge on any atom is -0.480 e. The van der Waals surface area contributed by atoms with Crippen LogP contribution < -0.4 is 11.1 Å². The molecule has 35 heavy (non-hydrogen) atoms. The van der Waals surface area contributed by atoms with Gasteiger partial charge in [-0.2, -0.15) is 0 Å². The Balaban J connectivity index is 1.73. The number of hydrogen-bond acceptors (Lipinski definition) is 12. The molecule has 3 heterocycles. The van der Waals surface area contributed by atoms with Crippen LogP contribution in [0.2, 0.25) is 0 Å². The molecule has 0 saturated carbocycles. The van der Waals surface area contributed by atoms with Crippen LogP contribution in [0.4, 0.5) is 5.13 Å². The highest BCUT2D eigenvalue weighted by atomic mass is 32.2. The molecule has 0 aliphatic carbocycles. The van der Waals surface area contributed by atoms with Crippen molar-refractivity contribution in [1.29, 1.82) is 0 Å². The number of thiazole rings is 1. The van der Waals surface area contributed by atoms with Gasteiger partial charge in [0.05, 0.1) is 0 Å². The molecule has 0 aromatic carbocycles. The van der Waals surface area contributed by atoms with Gasteiger partial charge in [-0.25, -0.2) is 9.78 Å². The lowest BCUT2D eigenvalue weighted by atomic mass is 10.0. The van der Waals surface area contributed by atoms with Gasteiger partial charge in [0, 0.05) is 17.7 Å². The number of rotatable bonds is 8. The highest BCUT2D eigenvalue weighted by molar-refractivity contribution is 8.04. The molecule has 2 saturated heterocycles. The lowest BCUT2D eigenvalue weighted by Gasteiger charge is -2.53. The van der Waals surface area contributed by atoms with E-state index in [1.165, 1.54) is 40.7 Å². The number of nitrogens with one attached hydrogen (secondary N) is 1. The van der Waals surface area contributed by atoms with E-state index in [1.54, 1.807) is 27.0 Å². The maximum Gasteiger partial charge on any atom is 0.350 e. The smallest absolute Gasteiger partial charge is 0.350 e. The zero-order chi connectivity index (χ0) is 26.1. The second-order valence-corrected chi connectivity index (χ2v) is 12.1. The normalized spacial score (nSPS) is 25.2. The molecule has 3 rings (SSSR count). The Kier molecular flexibility index (Phi) is 7.91. The third kappa shape index (κ3) is 5.83.